The highest BCUT2D eigenvalue weighted by atomic mass is 19.4. The quantitative estimate of drug-likeness (QED) is 0.160. The number of phenols is 1. The van der Waals surface area contributed by atoms with Crippen molar-refractivity contribution in [3.63, 3.8) is 0 Å². The minimum atomic E-state index is -4.52. The van der Waals surface area contributed by atoms with E-state index in [9.17, 15) is 23.1 Å². The first-order chi connectivity index (χ1) is 20.1. The summed E-state index contributed by atoms with van der Waals surface area (Å²) in [5, 5.41) is 21.1. The molecular weight excluding hydrogens is 565 g/mol. The van der Waals surface area contributed by atoms with Crippen molar-refractivity contribution in [1.82, 2.24) is 14.9 Å². The number of carbonyl (C=O) groups excluding carboxylic acids is 1. The second-order valence-corrected chi connectivity index (χ2v) is 10.0. The van der Waals surface area contributed by atoms with Crippen LogP contribution in [0, 0.1) is 6.92 Å². The number of rotatable bonds is 7. The molecule has 0 aliphatic heterocycles. The number of amides is 1. The minimum absolute atomic E-state index is 0.0201. The molecule has 0 bridgehead atoms. The molecule has 0 fully saturated rings. The predicted octanol–water partition coefficient (Wildman–Crippen LogP) is 5.52. The molecule has 4 aromatic rings. The highest BCUT2D eigenvalue weighted by Gasteiger charge is 2.31. The number of phenolic OH excluding ortho intramolecular Hbond substituents is 1. The summed E-state index contributed by atoms with van der Waals surface area (Å²) in [7, 11) is 5.16. The van der Waals surface area contributed by atoms with Gasteiger partial charge in [0.2, 0.25) is 5.91 Å². The van der Waals surface area contributed by atoms with E-state index in [-0.39, 0.29) is 30.2 Å². The van der Waals surface area contributed by atoms with Gasteiger partial charge in [-0.25, -0.2) is 9.97 Å². The fourth-order valence-corrected chi connectivity index (χ4v) is 4.32. The standard InChI is InChI=1S/C29H31F3N6O2.CH2O2/c1-16(18-10-20(29(30,31)32)14-21(33)11-18)34-28-24-15-23(6-8-25(24)35-17(2)36-28)38(5)22-7-9-26(39)19(12-22)13-27(40)37(3)4;2-1-3/h6-12,14-16,39H,13,33H2,1-5H3,(H,34,35,36);1H,(H,2,3)/t16-;/m1./s1. The van der Waals surface area contributed by atoms with Gasteiger partial charge in [-0.3, -0.25) is 9.59 Å². The van der Waals surface area contributed by atoms with E-state index in [2.05, 4.69) is 15.3 Å². The fourth-order valence-electron chi connectivity index (χ4n) is 4.32. The highest BCUT2D eigenvalue weighted by molar-refractivity contribution is 5.92. The molecule has 0 spiro atoms. The van der Waals surface area contributed by atoms with Gasteiger partial charge in [0, 0.05) is 49.2 Å². The molecule has 1 amide bonds. The zero-order valence-corrected chi connectivity index (χ0v) is 24.3. The summed E-state index contributed by atoms with van der Waals surface area (Å²) < 4.78 is 40.1. The summed E-state index contributed by atoms with van der Waals surface area (Å²) in [5.41, 5.74) is 8.02. The van der Waals surface area contributed by atoms with E-state index in [1.165, 1.54) is 11.0 Å². The first-order valence-corrected chi connectivity index (χ1v) is 13.0. The van der Waals surface area contributed by atoms with E-state index in [0.717, 1.165) is 23.5 Å². The van der Waals surface area contributed by atoms with E-state index < -0.39 is 17.8 Å². The number of alkyl halides is 3. The summed E-state index contributed by atoms with van der Waals surface area (Å²) in [4.78, 5) is 33.0. The van der Waals surface area contributed by atoms with Crippen LogP contribution in [-0.4, -0.2) is 58.6 Å². The predicted molar refractivity (Wildman–Crippen MR) is 159 cm³/mol. The van der Waals surface area contributed by atoms with Crippen molar-refractivity contribution in [2.45, 2.75) is 32.5 Å². The Morgan fingerprint density at radius 1 is 1.05 bits per heavy atom. The van der Waals surface area contributed by atoms with Crippen molar-refractivity contribution in [2.24, 2.45) is 0 Å². The number of hydrogen-bond donors (Lipinski definition) is 4. The molecular formula is C30H33F3N6O4. The van der Waals surface area contributed by atoms with Crippen molar-refractivity contribution in [3.8, 4) is 5.75 Å². The second-order valence-electron chi connectivity index (χ2n) is 10.0. The molecule has 43 heavy (non-hydrogen) atoms. The molecule has 0 aliphatic carbocycles. The first kappa shape index (κ1) is 32.4. The van der Waals surface area contributed by atoms with Crippen LogP contribution in [0.1, 0.15) is 35.5 Å². The molecule has 4 rings (SSSR count). The molecule has 1 atom stereocenters. The topological polar surface area (TPSA) is 145 Å². The number of fused-ring (bicyclic) bond motifs is 1. The molecule has 0 saturated carbocycles. The lowest BCUT2D eigenvalue weighted by Gasteiger charge is -2.23. The first-order valence-electron chi connectivity index (χ1n) is 13.0. The number of aromatic hydroxyl groups is 1. The summed E-state index contributed by atoms with van der Waals surface area (Å²) >= 11 is 0. The Kier molecular flexibility index (Phi) is 10.0. The number of halogens is 3. The molecule has 0 unspecified atom stereocenters. The van der Waals surface area contributed by atoms with Crippen LogP contribution in [0.4, 0.5) is 36.1 Å². The van der Waals surface area contributed by atoms with Gasteiger partial charge in [0.1, 0.15) is 17.4 Å². The highest BCUT2D eigenvalue weighted by Crippen LogP contribution is 2.35. The number of nitrogens with two attached hydrogens (primary N) is 1. The third-order valence-electron chi connectivity index (χ3n) is 6.63. The Morgan fingerprint density at radius 3 is 2.30 bits per heavy atom. The van der Waals surface area contributed by atoms with E-state index in [1.54, 1.807) is 46.1 Å². The lowest BCUT2D eigenvalue weighted by molar-refractivity contribution is -0.137. The van der Waals surface area contributed by atoms with E-state index in [4.69, 9.17) is 15.6 Å². The van der Waals surface area contributed by atoms with Crippen LogP contribution in [0.2, 0.25) is 0 Å². The summed E-state index contributed by atoms with van der Waals surface area (Å²) in [5.74, 6) is 0.857. The van der Waals surface area contributed by atoms with E-state index >= 15 is 0 Å². The van der Waals surface area contributed by atoms with Crippen LogP contribution in [0.3, 0.4) is 0 Å². The summed E-state index contributed by atoms with van der Waals surface area (Å²) in [6.07, 6.45) is -4.47. The van der Waals surface area contributed by atoms with Crippen LogP contribution in [-0.2, 0) is 22.2 Å². The van der Waals surface area contributed by atoms with Crippen LogP contribution in [0.25, 0.3) is 10.9 Å². The van der Waals surface area contributed by atoms with Crippen molar-refractivity contribution in [2.75, 3.05) is 37.1 Å². The zero-order chi connectivity index (χ0) is 32.1. The Hall–Kier alpha value is -5.07. The number of nitrogens with zero attached hydrogens (tertiary/aromatic N) is 4. The number of nitrogen functional groups attached to an aromatic ring is 1. The van der Waals surface area contributed by atoms with Crippen LogP contribution in [0.15, 0.2) is 54.6 Å². The Balaban J connectivity index is 0.00000162. The Labute approximate surface area is 246 Å². The maximum Gasteiger partial charge on any atom is 0.416 e. The number of carboxylic acid groups (broad SMARTS) is 1. The third-order valence-corrected chi connectivity index (χ3v) is 6.63. The summed E-state index contributed by atoms with van der Waals surface area (Å²) in [6.45, 7) is 3.23. The minimum Gasteiger partial charge on any atom is -0.508 e. The lowest BCUT2D eigenvalue weighted by atomic mass is 10.0. The van der Waals surface area contributed by atoms with Gasteiger partial charge in [-0.2, -0.15) is 13.2 Å². The molecule has 0 saturated heterocycles. The van der Waals surface area contributed by atoms with Crippen molar-refractivity contribution in [1.29, 1.82) is 0 Å². The van der Waals surface area contributed by atoms with Crippen molar-refractivity contribution >= 4 is 46.2 Å². The Bertz CT molecular complexity index is 1630. The normalized spacial score (nSPS) is 11.7. The number of aryl methyl sites for hydroxylation is 1. The van der Waals surface area contributed by atoms with Gasteiger partial charge in [-0.15, -0.1) is 0 Å². The van der Waals surface area contributed by atoms with Crippen molar-refractivity contribution < 1.29 is 33.0 Å². The molecule has 3 aromatic carbocycles. The number of anilines is 4. The number of benzene rings is 3. The number of likely N-dealkylation sites (N-methyl/N-ethyl adjacent to an activating group) is 1. The molecule has 0 aliphatic rings. The molecule has 13 heteroatoms. The van der Waals surface area contributed by atoms with Gasteiger partial charge in [0.25, 0.3) is 6.47 Å². The molecule has 5 N–H and O–H groups in total. The second kappa shape index (κ2) is 13.3. The average Bonchev–Trinajstić information content (AvgIpc) is 2.93. The average molecular weight is 599 g/mol. The van der Waals surface area contributed by atoms with Crippen LogP contribution in [0.5, 0.6) is 5.75 Å². The molecule has 0 radical (unpaired) electrons. The number of carbonyl (C=O) groups is 2. The van der Waals surface area contributed by atoms with Crippen LogP contribution < -0.4 is 16.0 Å². The Morgan fingerprint density at radius 2 is 1.67 bits per heavy atom. The van der Waals surface area contributed by atoms with Crippen molar-refractivity contribution in [3.05, 3.63) is 77.1 Å². The maximum absolute atomic E-state index is 13.4. The summed E-state index contributed by atoms with van der Waals surface area (Å²) in [6, 6.07) is 13.6. The smallest absolute Gasteiger partial charge is 0.416 e. The van der Waals surface area contributed by atoms with Gasteiger partial charge >= 0.3 is 6.18 Å². The fraction of sp³-hybridized carbons (Fsp3) is 0.267. The lowest BCUT2D eigenvalue weighted by Crippen LogP contribution is -2.23. The van der Waals surface area contributed by atoms with Gasteiger partial charge in [0.15, 0.2) is 0 Å². The van der Waals surface area contributed by atoms with Gasteiger partial charge in [-0.05, 0) is 74.0 Å². The molecule has 1 aromatic heterocycles. The molecule has 10 nitrogen and oxygen atoms in total. The monoisotopic (exact) mass is 598 g/mol. The van der Waals surface area contributed by atoms with Gasteiger partial charge in [0.05, 0.1) is 23.5 Å². The zero-order valence-electron chi connectivity index (χ0n) is 24.3. The number of nitrogens with one attached hydrogen (secondary N) is 1. The van der Waals surface area contributed by atoms with E-state index in [0.29, 0.717) is 33.7 Å². The SMILES string of the molecule is Cc1nc(N[C@H](C)c2cc(N)cc(C(F)(F)F)c2)c2cc(N(C)c3ccc(O)c(CC(=O)N(C)C)c3)ccc2n1.O=CO. The third kappa shape index (κ3) is 8.03. The largest absolute Gasteiger partial charge is 0.508 e. The van der Waals surface area contributed by atoms with E-state index in [1.807, 2.05) is 30.1 Å². The van der Waals surface area contributed by atoms with Gasteiger partial charge in [-0.1, -0.05) is 0 Å². The maximum atomic E-state index is 13.4. The number of aromatic nitrogens is 2. The molecule has 1 heterocycles. The van der Waals surface area contributed by atoms with Gasteiger partial charge < -0.3 is 31.1 Å². The number of hydrogen-bond acceptors (Lipinski definition) is 8. The van der Waals surface area contributed by atoms with Crippen LogP contribution >= 0.6 is 0 Å². The molecule has 228 valence electrons.